The maximum absolute atomic E-state index is 14.4. The molecular formula is C42H50F4N6O3. The summed E-state index contributed by atoms with van der Waals surface area (Å²) in [6.45, 7) is 12.4. The zero-order chi connectivity index (χ0) is 39.5. The molecule has 1 amide bonds. The minimum Gasteiger partial charge on any atom is -0.473 e. The largest absolute Gasteiger partial charge is 0.473 e. The van der Waals surface area contributed by atoms with Crippen LogP contribution in [0.2, 0.25) is 0 Å². The molecule has 0 bridgehead atoms. The molecule has 2 fully saturated rings. The molecule has 294 valence electrons. The standard InChI is InChI=1S/C42H50F4N6O3/c1-6-41(4,5)55-19-16-40(2,3)50-39(53)29-12-13-35-36(21-29)52(32-22-31(23-32)42(44,45)46)37(48-35)25-51-17-14-28(15-18-51)34-8-7-9-38(49-34)54-26-30-11-10-27(24-47)20-33(30)43/h7-13,20-21,28,31-32H,6,14-19,22-23,25-26H2,1-5H3,(H,50,53). The van der Waals surface area contributed by atoms with E-state index in [9.17, 15) is 22.4 Å². The lowest BCUT2D eigenvalue weighted by atomic mass is 9.79. The molecule has 2 aliphatic rings. The molecule has 0 radical (unpaired) electrons. The summed E-state index contributed by atoms with van der Waals surface area (Å²) in [7, 11) is 0. The van der Waals surface area contributed by atoms with Crippen LogP contribution in [0.3, 0.4) is 0 Å². The highest BCUT2D eigenvalue weighted by atomic mass is 19.4. The van der Waals surface area contributed by atoms with Gasteiger partial charge in [0.05, 0.1) is 40.7 Å². The minimum absolute atomic E-state index is 0.0184. The quantitative estimate of drug-likeness (QED) is 0.128. The maximum Gasteiger partial charge on any atom is 0.391 e. The number of nitrogens with zero attached hydrogens (tertiary/aromatic N) is 5. The number of amides is 1. The van der Waals surface area contributed by atoms with Crippen LogP contribution in [0.1, 0.15) is 118 Å². The normalized spacial score (nSPS) is 18.5. The van der Waals surface area contributed by atoms with Crippen molar-refractivity contribution < 1.29 is 31.8 Å². The third-order valence-electron chi connectivity index (χ3n) is 11.2. The van der Waals surface area contributed by atoms with Crippen molar-refractivity contribution in [3.8, 4) is 11.9 Å². The number of alkyl halides is 3. The fourth-order valence-corrected chi connectivity index (χ4v) is 7.21. The van der Waals surface area contributed by atoms with Crippen molar-refractivity contribution in [2.24, 2.45) is 5.92 Å². The number of halogens is 4. The number of hydrogen-bond acceptors (Lipinski definition) is 7. The molecule has 1 saturated carbocycles. The number of likely N-dealkylation sites (tertiary alicyclic amines) is 1. The highest BCUT2D eigenvalue weighted by Crippen LogP contribution is 2.48. The van der Waals surface area contributed by atoms with Crippen LogP contribution in [0.4, 0.5) is 17.6 Å². The maximum atomic E-state index is 14.4. The van der Waals surface area contributed by atoms with Crippen molar-refractivity contribution in [1.82, 2.24) is 24.8 Å². The van der Waals surface area contributed by atoms with Crippen LogP contribution in [-0.4, -0.2) is 62.4 Å². The first-order chi connectivity index (χ1) is 26.0. The van der Waals surface area contributed by atoms with Gasteiger partial charge in [0.25, 0.3) is 5.91 Å². The lowest BCUT2D eigenvalue weighted by Gasteiger charge is -2.39. The van der Waals surface area contributed by atoms with Gasteiger partial charge in [0.1, 0.15) is 18.2 Å². The SMILES string of the molecule is CCC(C)(C)OCCC(C)(C)NC(=O)c1ccc2nc(CN3CCC(c4cccc(OCc5ccc(C#N)cc5F)n4)CC3)n(C3CC(C(F)(F)F)C3)c2c1. The number of nitrogens with one attached hydrogen (secondary N) is 1. The molecule has 55 heavy (non-hydrogen) atoms. The van der Waals surface area contributed by atoms with Crippen molar-refractivity contribution in [1.29, 1.82) is 5.26 Å². The van der Waals surface area contributed by atoms with Crippen LogP contribution in [0.15, 0.2) is 54.6 Å². The second kappa shape index (κ2) is 16.3. The molecule has 4 aromatic rings. The van der Waals surface area contributed by atoms with Crippen molar-refractivity contribution in [2.45, 2.75) is 116 Å². The smallest absolute Gasteiger partial charge is 0.391 e. The summed E-state index contributed by atoms with van der Waals surface area (Å²) in [6, 6.07) is 16.6. The van der Waals surface area contributed by atoms with Crippen LogP contribution in [0, 0.1) is 23.1 Å². The third-order valence-corrected chi connectivity index (χ3v) is 11.2. The molecule has 1 aliphatic heterocycles. The number of carbonyl (C=O) groups excluding carboxylic acids is 1. The highest BCUT2D eigenvalue weighted by Gasteiger charge is 2.49. The Balaban J connectivity index is 1.13. The predicted octanol–water partition coefficient (Wildman–Crippen LogP) is 9.02. The number of aromatic nitrogens is 3. The van der Waals surface area contributed by atoms with E-state index in [2.05, 4.69) is 17.1 Å². The monoisotopic (exact) mass is 762 g/mol. The molecule has 9 nitrogen and oxygen atoms in total. The number of benzene rings is 2. The van der Waals surface area contributed by atoms with Crippen LogP contribution in [-0.2, 0) is 17.9 Å². The number of fused-ring (bicyclic) bond motifs is 1. The number of hydrogen-bond donors (Lipinski definition) is 1. The van der Waals surface area contributed by atoms with Gasteiger partial charge in [-0.25, -0.2) is 14.4 Å². The second-order valence-electron chi connectivity index (χ2n) is 16.2. The molecule has 1 saturated heterocycles. The van der Waals surface area contributed by atoms with Gasteiger partial charge in [-0.15, -0.1) is 0 Å². The van der Waals surface area contributed by atoms with E-state index < -0.39 is 23.5 Å². The number of carbonyl (C=O) groups is 1. The van der Waals surface area contributed by atoms with E-state index in [1.54, 1.807) is 30.3 Å². The molecular weight excluding hydrogens is 712 g/mol. The van der Waals surface area contributed by atoms with Gasteiger partial charge < -0.3 is 19.4 Å². The van der Waals surface area contributed by atoms with Gasteiger partial charge in [0.15, 0.2) is 0 Å². The van der Waals surface area contributed by atoms with E-state index in [-0.39, 0.29) is 48.5 Å². The van der Waals surface area contributed by atoms with Gasteiger partial charge in [-0.3, -0.25) is 9.69 Å². The van der Waals surface area contributed by atoms with Crippen molar-refractivity contribution in [2.75, 3.05) is 19.7 Å². The Morgan fingerprint density at radius 3 is 2.44 bits per heavy atom. The van der Waals surface area contributed by atoms with Crippen molar-refractivity contribution in [3.05, 3.63) is 88.6 Å². The fraction of sp³-hybridized carbons (Fsp3) is 0.524. The predicted molar refractivity (Wildman–Crippen MR) is 201 cm³/mol. The van der Waals surface area contributed by atoms with Gasteiger partial charge in [0, 0.05) is 47.0 Å². The lowest BCUT2D eigenvalue weighted by molar-refractivity contribution is -0.202. The Hall–Kier alpha value is -4.54. The van der Waals surface area contributed by atoms with Gasteiger partial charge in [-0.1, -0.05) is 19.1 Å². The molecule has 6 rings (SSSR count). The Labute approximate surface area is 320 Å². The number of rotatable bonds is 14. The molecule has 1 N–H and O–H groups in total. The number of imidazole rings is 1. The summed E-state index contributed by atoms with van der Waals surface area (Å²) in [5, 5.41) is 12.1. The van der Waals surface area contributed by atoms with Gasteiger partial charge in [-0.05, 0) is 116 Å². The average Bonchev–Trinajstić information content (AvgIpc) is 3.46. The first-order valence-electron chi connectivity index (χ1n) is 19.1. The molecule has 1 aliphatic carbocycles. The van der Waals surface area contributed by atoms with Crippen LogP contribution >= 0.6 is 0 Å². The van der Waals surface area contributed by atoms with Crippen LogP contribution in [0.25, 0.3) is 11.0 Å². The number of ether oxygens (including phenoxy) is 2. The summed E-state index contributed by atoms with van der Waals surface area (Å²) >= 11 is 0. The van der Waals surface area contributed by atoms with E-state index in [0.29, 0.717) is 53.4 Å². The van der Waals surface area contributed by atoms with E-state index in [0.717, 1.165) is 38.0 Å². The van der Waals surface area contributed by atoms with Gasteiger partial charge in [0.2, 0.25) is 5.88 Å². The van der Waals surface area contributed by atoms with Crippen LogP contribution < -0.4 is 10.1 Å². The van der Waals surface area contributed by atoms with Crippen molar-refractivity contribution >= 4 is 16.9 Å². The van der Waals surface area contributed by atoms with E-state index in [1.807, 2.05) is 50.5 Å². The highest BCUT2D eigenvalue weighted by molar-refractivity contribution is 5.98. The van der Waals surface area contributed by atoms with Crippen LogP contribution in [0.5, 0.6) is 5.88 Å². The third kappa shape index (κ3) is 9.83. The summed E-state index contributed by atoms with van der Waals surface area (Å²) < 4.78 is 69.0. The van der Waals surface area contributed by atoms with Crippen molar-refractivity contribution in [3.63, 3.8) is 0 Å². The lowest BCUT2D eigenvalue weighted by Crippen LogP contribution is -2.44. The topological polar surface area (TPSA) is 105 Å². The van der Waals surface area contributed by atoms with E-state index in [4.69, 9.17) is 24.7 Å². The molecule has 0 spiro atoms. The molecule has 0 atom stereocenters. The van der Waals surface area contributed by atoms with E-state index in [1.165, 1.54) is 12.1 Å². The molecule has 2 aromatic carbocycles. The molecule has 0 unspecified atom stereocenters. The van der Waals surface area contributed by atoms with Gasteiger partial charge in [-0.2, -0.15) is 18.4 Å². The summed E-state index contributed by atoms with van der Waals surface area (Å²) in [5.74, 6) is -0.884. The second-order valence-corrected chi connectivity index (χ2v) is 16.2. The first kappa shape index (κ1) is 40.1. The number of piperidine rings is 1. The minimum atomic E-state index is -4.25. The van der Waals surface area contributed by atoms with E-state index >= 15 is 0 Å². The Bertz CT molecular complexity index is 2020. The summed E-state index contributed by atoms with van der Waals surface area (Å²) in [4.78, 5) is 25.4. The molecule has 2 aromatic heterocycles. The zero-order valence-corrected chi connectivity index (χ0v) is 32.2. The fourth-order valence-electron chi connectivity index (χ4n) is 7.21. The first-order valence-corrected chi connectivity index (χ1v) is 19.1. The summed E-state index contributed by atoms with van der Waals surface area (Å²) in [6.07, 6.45) is -1.21. The Morgan fingerprint density at radius 1 is 1.02 bits per heavy atom. The van der Waals surface area contributed by atoms with Gasteiger partial charge >= 0.3 is 6.18 Å². The average molecular weight is 763 g/mol. The summed E-state index contributed by atoms with van der Waals surface area (Å²) in [5.41, 5.74) is 2.39. The Kier molecular flexibility index (Phi) is 11.9. The Morgan fingerprint density at radius 2 is 1.76 bits per heavy atom. The zero-order valence-electron chi connectivity index (χ0n) is 32.2. The number of pyridine rings is 1. The molecule has 13 heteroatoms. The number of nitriles is 1. The molecule has 3 heterocycles.